The van der Waals surface area contributed by atoms with Gasteiger partial charge in [-0.3, -0.25) is 4.79 Å². The predicted molar refractivity (Wildman–Crippen MR) is 60.8 cm³/mol. The maximum absolute atomic E-state index is 11.3. The summed E-state index contributed by atoms with van der Waals surface area (Å²) in [6, 6.07) is 4.83. The third kappa shape index (κ3) is 1.61. The topological polar surface area (TPSA) is 61.2 Å². The van der Waals surface area contributed by atoms with Gasteiger partial charge in [0.05, 0.1) is 34.3 Å². The summed E-state index contributed by atoms with van der Waals surface area (Å²) in [4.78, 5) is 22.1. The number of carbonyl (C=O) groups is 2. The van der Waals surface area contributed by atoms with Crippen LogP contribution < -0.4 is 0 Å². The number of hydrogen-bond donors (Lipinski definition) is 0. The molecular formula is C10H7BrN2O3. The fourth-order valence-corrected chi connectivity index (χ4v) is 1.88. The first-order chi connectivity index (χ1) is 7.67. The van der Waals surface area contributed by atoms with Crippen LogP contribution in [0.15, 0.2) is 18.2 Å². The van der Waals surface area contributed by atoms with E-state index in [0.29, 0.717) is 28.4 Å². The second-order valence-corrected chi connectivity index (χ2v) is 3.76. The monoisotopic (exact) mass is 282 g/mol. The Labute approximate surface area is 99.3 Å². The first-order valence-corrected chi connectivity index (χ1v) is 5.10. The van der Waals surface area contributed by atoms with Crippen LogP contribution in [0.4, 0.5) is 0 Å². The van der Waals surface area contributed by atoms with Crippen molar-refractivity contribution in [2.45, 2.75) is 0 Å². The number of aldehydes is 1. The molecule has 0 saturated carbocycles. The molecule has 0 atom stereocenters. The number of aromatic nitrogens is 2. The lowest BCUT2D eigenvalue weighted by molar-refractivity contribution is 0.0601. The van der Waals surface area contributed by atoms with Crippen molar-refractivity contribution in [3.63, 3.8) is 0 Å². The van der Waals surface area contributed by atoms with E-state index in [1.54, 1.807) is 18.2 Å². The molecule has 0 fully saturated rings. The van der Waals surface area contributed by atoms with Crippen LogP contribution in [0.2, 0.25) is 0 Å². The van der Waals surface area contributed by atoms with E-state index in [9.17, 15) is 9.59 Å². The van der Waals surface area contributed by atoms with E-state index in [1.807, 2.05) is 0 Å². The summed E-state index contributed by atoms with van der Waals surface area (Å²) in [5.41, 5.74) is 1.37. The van der Waals surface area contributed by atoms with E-state index in [1.165, 1.54) is 10.8 Å². The molecule has 0 bridgehead atoms. The zero-order chi connectivity index (χ0) is 11.7. The molecule has 16 heavy (non-hydrogen) atoms. The van der Waals surface area contributed by atoms with Gasteiger partial charge in [0.2, 0.25) is 0 Å². The van der Waals surface area contributed by atoms with Crippen molar-refractivity contribution < 1.29 is 14.3 Å². The molecule has 0 N–H and O–H groups in total. The normalized spacial score (nSPS) is 10.4. The summed E-state index contributed by atoms with van der Waals surface area (Å²) in [5, 5.41) is 4.74. The number of fused-ring (bicyclic) bond motifs is 1. The Hall–Kier alpha value is -1.69. The van der Waals surface area contributed by atoms with Gasteiger partial charge in [0.1, 0.15) is 5.69 Å². The molecule has 2 rings (SSSR count). The molecule has 0 aliphatic carbocycles. The van der Waals surface area contributed by atoms with E-state index < -0.39 is 5.97 Å². The number of nitrogens with zero attached hydrogens (tertiary/aromatic N) is 2. The Kier molecular flexibility index (Phi) is 2.74. The second kappa shape index (κ2) is 4.05. The Bertz CT molecular complexity index is 577. The van der Waals surface area contributed by atoms with Crippen LogP contribution in [-0.4, -0.2) is 28.2 Å². The minimum absolute atomic E-state index is 0.401. The second-order valence-electron chi connectivity index (χ2n) is 3.09. The molecular weight excluding hydrogens is 276 g/mol. The molecule has 0 amide bonds. The molecule has 0 radical (unpaired) electrons. The molecule has 1 aromatic carbocycles. The smallest absolute Gasteiger partial charge is 0.337 e. The van der Waals surface area contributed by atoms with Crippen molar-refractivity contribution in [1.29, 1.82) is 0 Å². The van der Waals surface area contributed by atoms with Gasteiger partial charge in [-0.15, -0.1) is 0 Å². The van der Waals surface area contributed by atoms with Crippen LogP contribution in [0, 0.1) is 0 Å². The van der Waals surface area contributed by atoms with Gasteiger partial charge in [-0.2, -0.15) is 8.81 Å². The highest BCUT2D eigenvalue weighted by Gasteiger charge is 2.12. The van der Waals surface area contributed by atoms with Gasteiger partial charge in [-0.25, -0.2) is 4.79 Å². The summed E-state index contributed by atoms with van der Waals surface area (Å²) in [7, 11) is 1.31. The molecule has 5 nitrogen and oxygen atoms in total. The van der Waals surface area contributed by atoms with E-state index >= 15 is 0 Å². The third-order valence-corrected chi connectivity index (χ3v) is 2.74. The molecule has 2 aromatic rings. The number of methoxy groups -OCH3 is 1. The van der Waals surface area contributed by atoms with Crippen molar-refractivity contribution in [2.24, 2.45) is 0 Å². The van der Waals surface area contributed by atoms with Gasteiger partial charge in [0, 0.05) is 5.39 Å². The van der Waals surface area contributed by atoms with E-state index in [-0.39, 0.29) is 0 Å². The number of hydrogen-bond acceptors (Lipinski definition) is 4. The lowest BCUT2D eigenvalue weighted by Gasteiger charge is -1.97. The Balaban J connectivity index is 2.64. The number of esters is 1. The first kappa shape index (κ1) is 10.8. The highest BCUT2D eigenvalue weighted by atomic mass is 79.9. The van der Waals surface area contributed by atoms with Gasteiger partial charge in [0.15, 0.2) is 6.29 Å². The number of carbonyl (C=O) groups excluding carboxylic acids is 2. The standard InChI is InChI=1S/C10H7BrN2O3/c1-16-10(15)6-2-3-7-8(4-6)12-13(11)9(7)5-14/h2-5H,1H3. The SMILES string of the molecule is COC(=O)c1ccc2c(C=O)n(Br)nc2c1. The lowest BCUT2D eigenvalue weighted by atomic mass is 10.1. The fourth-order valence-electron chi connectivity index (χ4n) is 1.43. The zero-order valence-corrected chi connectivity index (χ0v) is 9.89. The van der Waals surface area contributed by atoms with Crippen molar-refractivity contribution in [1.82, 2.24) is 8.81 Å². The summed E-state index contributed by atoms with van der Waals surface area (Å²) < 4.78 is 5.89. The van der Waals surface area contributed by atoms with Crippen molar-refractivity contribution in [3.8, 4) is 0 Å². The van der Waals surface area contributed by atoms with Crippen LogP contribution >= 0.6 is 16.1 Å². The van der Waals surface area contributed by atoms with Crippen molar-refractivity contribution >= 4 is 39.3 Å². The highest BCUT2D eigenvalue weighted by Crippen LogP contribution is 2.20. The van der Waals surface area contributed by atoms with E-state index in [0.717, 1.165) is 0 Å². The van der Waals surface area contributed by atoms with Gasteiger partial charge in [0.25, 0.3) is 0 Å². The quantitative estimate of drug-likeness (QED) is 0.622. The average molecular weight is 283 g/mol. The molecule has 82 valence electrons. The van der Waals surface area contributed by atoms with Gasteiger partial charge < -0.3 is 4.74 Å². The Morgan fingerprint density at radius 2 is 2.31 bits per heavy atom. The molecule has 0 aliphatic rings. The maximum atomic E-state index is 11.3. The van der Waals surface area contributed by atoms with E-state index in [2.05, 4.69) is 26.0 Å². The molecule has 0 unspecified atom stereocenters. The van der Waals surface area contributed by atoms with Gasteiger partial charge in [-0.05, 0) is 18.2 Å². The van der Waals surface area contributed by atoms with Crippen molar-refractivity contribution in [3.05, 3.63) is 29.5 Å². The molecule has 1 aromatic heterocycles. The number of ether oxygens (including phenoxy) is 1. The average Bonchev–Trinajstić information content (AvgIpc) is 2.62. The lowest BCUT2D eigenvalue weighted by Crippen LogP contribution is -2.00. The van der Waals surface area contributed by atoms with Crippen LogP contribution in [0.1, 0.15) is 20.8 Å². The van der Waals surface area contributed by atoms with Crippen LogP contribution in [0.3, 0.4) is 0 Å². The fraction of sp³-hybridized carbons (Fsp3) is 0.100. The first-order valence-electron chi connectivity index (χ1n) is 4.40. The molecule has 6 heteroatoms. The third-order valence-electron chi connectivity index (χ3n) is 2.20. The maximum Gasteiger partial charge on any atom is 0.337 e. The van der Waals surface area contributed by atoms with Crippen LogP contribution in [0.5, 0.6) is 0 Å². The Morgan fingerprint density at radius 3 is 2.94 bits per heavy atom. The molecule has 0 aliphatic heterocycles. The molecule has 0 saturated heterocycles. The Morgan fingerprint density at radius 1 is 1.56 bits per heavy atom. The van der Waals surface area contributed by atoms with Crippen LogP contribution in [0.25, 0.3) is 10.9 Å². The summed E-state index contributed by atoms with van der Waals surface area (Å²) >= 11 is 3.11. The van der Waals surface area contributed by atoms with E-state index in [4.69, 9.17) is 0 Å². The summed E-state index contributed by atoms with van der Waals surface area (Å²) in [5.74, 6) is -0.432. The zero-order valence-electron chi connectivity index (χ0n) is 8.31. The summed E-state index contributed by atoms with van der Waals surface area (Å²) in [6.07, 6.45) is 0.696. The molecule has 0 spiro atoms. The highest BCUT2D eigenvalue weighted by molar-refractivity contribution is 9.08. The molecule has 1 heterocycles. The largest absolute Gasteiger partial charge is 0.465 e. The number of halogens is 1. The minimum atomic E-state index is -0.432. The minimum Gasteiger partial charge on any atom is -0.465 e. The van der Waals surface area contributed by atoms with Gasteiger partial charge >= 0.3 is 5.97 Å². The van der Waals surface area contributed by atoms with Crippen molar-refractivity contribution in [2.75, 3.05) is 7.11 Å². The number of benzene rings is 1. The summed E-state index contributed by atoms with van der Waals surface area (Å²) in [6.45, 7) is 0. The van der Waals surface area contributed by atoms with Gasteiger partial charge in [-0.1, -0.05) is 0 Å². The van der Waals surface area contributed by atoms with Crippen LogP contribution in [-0.2, 0) is 4.74 Å². The predicted octanol–water partition coefficient (Wildman–Crippen LogP) is 1.79. The number of rotatable bonds is 2.